The molecule has 7 aliphatic rings. The summed E-state index contributed by atoms with van der Waals surface area (Å²) in [4.78, 5) is 0. The zero-order valence-corrected chi connectivity index (χ0v) is 93.4. The molecular formula is C91H162Y10-10. The molecule has 0 amide bonds. The van der Waals surface area contributed by atoms with Crippen LogP contribution in [0.25, 0.3) is 0 Å². The first-order valence-electron chi connectivity index (χ1n) is 33.4. The molecule has 101 heavy (non-hydrogen) atoms. The van der Waals surface area contributed by atoms with Crippen LogP contribution in [-0.4, -0.2) is 0 Å². The SMILES string of the molecule is C.C.C.C.C.C/C=C\CC.C1=CC1.C1=CC2CCC1CC2.C1=CCC1.C1=CCCC1.CC/C=C\CCCC.[CH-]=CC.[CH-]=CC.[CH-]=CC.[CH-]=CC.[CH-]=CC.[CH-]=CC/C=C\C.[CH-]=CC1CCC(/C=C\C)CC1.[CH-]=CCC/C=C\C.[CH-]=CCCC/C=C\C.[CH-]=CCCCC.[Y].[Y].[Y].[Y].[Y].[Y].[Y].[Y].[Y].[Y]. The van der Waals surface area contributed by atoms with Crippen molar-refractivity contribution in [1.29, 1.82) is 0 Å². The van der Waals surface area contributed by atoms with E-state index in [1.165, 1.54) is 165 Å². The summed E-state index contributed by atoms with van der Waals surface area (Å²) in [6.07, 6.45) is 94.7. The van der Waals surface area contributed by atoms with E-state index in [0.29, 0.717) is 5.92 Å². The largest absolute Gasteiger partial charge is 0.518 e. The maximum absolute atomic E-state index is 5.48. The smallest absolute Gasteiger partial charge is 0 e. The van der Waals surface area contributed by atoms with Crippen molar-refractivity contribution in [3.63, 3.8) is 0 Å². The molecule has 10 heteroatoms. The van der Waals surface area contributed by atoms with Crippen LogP contribution in [0.3, 0.4) is 0 Å². The molecule has 0 heterocycles. The summed E-state index contributed by atoms with van der Waals surface area (Å²) >= 11 is 0. The molecule has 0 atom stereocenters. The molecule has 0 unspecified atom stereocenters. The normalized spacial score (nSPS) is 13.8. The summed E-state index contributed by atoms with van der Waals surface area (Å²) < 4.78 is 0. The second kappa shape index (κ2) is 202. The number of fused-ring (bicyclic) bond motifs is 2. The van der Waals surface area contributed by atoms with Crippen LogP contribution in [0.5, 0.6) is 0 Å². The van der Waals surface area contributed by atoms with E-state index in [2.05, 4.69) is 138 Å². The van der Waals surface area contributed by atoms with Crippen LogP contribution in [-0.2, 0) is 327 Å². The van der Waals surface area contributed by atoms with Crippen LogP contribution in [0.15, 0.2) is 182 Å². The Morgan fingerprint density at radius 2 is 0.604 bits per heavy atom. The molecule has 7 rings (SSSR count). The maximum Gasteiger partial charge on any atom is 0 e. The van der Waals surface area contributed by atoms with Crippen molar-refractivity contribution in [2.45, 2.75) is 314 Å². The first-order valence-corrected chi connectivity index (χ1v) is 33.4. The van der Waals surface area contributed by atoms with Crippen molar-refractivity contribution in [1.82, 2.24) is 0 Å². The van der Waals surface area contributed by atoms with Crippen molar-refractivity contribution >= 4 is 0 Å². The van der Waals surface area contributed by atoms with Crippen LogP contribution in [0.1, 0.15) is 314 Å². The number of unbranched alkanes of at least 4 members (excludes halogenated alkanes) is 7. The fraction of sp³-hybridized carbons (Fsp3) is 0.560. The topological polar surface area (TPSA) is 0 Å². The summed E-state index contributed by atoms with van der Waals surface area (Å²) in [6, 6.07) is 0. The number of hydrogen-bond acceptors (Lipinski definition) is 0. The molecule has 566 valence electrons. The molecule has 2 bridgehead atoms. The van der Waals surface area contributed by atoms with Crippen molar-refractivity contribution in [3.8, 4) is 0 Å². The van der Waals surface area contributed by atoms with Crippen LogP contribution in [0, 0.1) is 89.5 Å². The number of allylic oxidation sites excluding steroid dienone is 30. The van der Waals surface area contributed by atoms with E-state index in [4.69, 9.17) is 65.8 Å². The predicted octanol–water partition coefficient (Wildman–Crippen LogP) is 32.1. The van der Waals surface area contributed by atoms with E-state index in [1.807, 2.05) is 52.0 Å². The first kappa shape index (κ1) is 179. The third-order valence-corrected chi connectivity index (χ3v) is 11.4. The molecule has 2 saturated carbocycles. The number of hydrogen-bond donors (Lipinski definition) is 0. The monoisotopic (exact) mass is 2140 g/mol. The van der Waals surface area contributed by atoms with E-state index in [0.717, 1.165) is 62.7 Å². The summed E-state index contributed by atoms with van der Waals surface area (Å²) in [5.74, 6) is 3.47. The molecule has 10 radical (unpaired) electrons. The minimum atomic E-state index is 0. The third kappa shape index (κ3) is 248. The Labute approximate surface area is 896 Å². The molecule has 0 saturated heterocycles. The fourth-order valence-electron chi connectivity index (χ4n) is 6.66. The zero-order chi connectivity index (χ0) is 67.3. The van der Waals surface area contributed by atoms with Crippen LogP contribution < -0.4 is 0 Å². The summed E-state index contributed by atoms with van der Waals surface area (Å²) in [5, 5.41) is 0. The third-order valence-electron chi connectivity index (χ3n) is 11.4. The van der Waals surface area contributed by atoms with Gasteiger partial charge in [-0.1, -0.05) is 272 Å². The van der Waals surface area contributed by atoms with Gasteiger partial charge in [0.05, 0.1) is 0 Å². The van der Waals surface area contributed by atoms with E-state index < -0.39 is 0 Å². The zero-order valence-electron chi connectivity index (χ0n) is 65.0. The van der Waals surface area contributed by atoms with Crippen LogP contribution in [0.4, 0.5) is 0 Å². The van der Waals surface area contributed by atoms with Gasteiger partial charge >= 0.3 is 0 Å². The Kier molecular flexibility index (Phi) is 358. The molecule has 7 aliphatic carbocycles. The van der Waals surface area contributed by atoms with Gasteiger partial charge in [0.25, 0.3) is 0 Å². The van der Waals surface area contributed by atoms with Gasteiger partial charge < -0.3 is 65.8 Å². The van der Waals surface area contributed by atoms with Crippen LogP contribution >= 0.6 is 0 Å². The van der Waals surface area contributed by atoms with Crippen molar-refractivity contribution in [3.05, 3.63) is 248 Å². The molecule has 2 fully saturated rings. The van der Waals surface area contributed by atoms with Crippen molar-refractivity contribution < 1.29 is 327 Å². The van der Waals surface area contributed by atoms with E-state index in [9.17, 15) is 0 Å². The minimum absolute atomic E-state index is 0. The molecule has 0 nitrogen and oxygen atoms in total. The van der Waals surface area contributed by atoms with Crippen molar-refractivity contribution in [2.75, 3.05) is 0 Å². The van der Waals surface area contributed by atoms with Gasteiger partial charge in [-0.2, -0.15) is 0 Å². The molecule has 0 aliphatic heterocycles. The van der Waals surface area contributed by atoms with Gasteiger partial charge in [-0.05, 0) is 187 Å². The van der Waals surface area contributed by atoms with Gasteiger partial charge in [-0.25, -0.2) is 0 Å². The Morgan fingerprint density at radius 3 is 0.802 bits per heavy atom. The molecule has 0 aromatic carbocycles. The van der Waals surface area contributed by atoms with E-state index in [-0.39, 0.29) is 364 Å². The second-order valence-electron chi connectivity index (χ2n) is 19.8. The van der Waals surface area contributed by atoms with Gasteiger partial charge in [-0.15, -0.1) is 0 Å². The maximum atomic E-state index is 5.48. The molecule has 0 spiro atoms. The Morgan fingerprint density at radius 1 is 0.307 bits per heavy atom. The second-order valence-corrected chi connectivity index (χ2v) is 19.8. The molecular weight excluding hydrogens is 1980 g/mol. The first-order chi connectivity index (χ1) is 41.9. The average Bonchev–Trinajstić information content (AvgIpc) is 1.26. The Bertz CT molecular complexity index is 1560. The standard InChI is InChI=1S/C11H17.C8H12.C8H16.C8H13.C7H11.C6H11.C6H9.C5H8.C5H10.C4H6.C3H4.5C3H5.5CH4.10Y/c1-3-5-11-8-6-10(4-2)7-9-11;1-2-8-5-3-7(1)4-6-8;2*1-3-5-7-8-6-4-2;1-3-5-7-6-4-2;2*1-3-5-6-4-2;1-2-4-5-3-1;1-3-5-4-2;1-2-4-3-1;1-2-3-1;5*1-3-2;;;;;;;;;;;;;;;/h2-5,10-11H,6-9H2,1H3;1-2,7-8H,3-6H2;5,7H,3-4,6,8H2,1-2H3;1,3-4,6H,5,7-8H2,2H3;1,3-4,6H,5,7H2,2H3;1,3H,4-6H2,2H3;1,3-4,6H,5H2,2H3;1-2H,3-5H2;3,5H,4H2,1-2H3;1-2H,3-4H2;1-2H,3H2;5*1,3H,2H3;5*1H4;;;;;;;;;;/q-1;;;4*-1;;;;;5*-1;;;;;;;;;;;;;;;/b5-3-;;7-5-;2*6-4-;;6-4-;;5-3-;;;;;;;;;;;;;;;;;;;;;;. The van der Waals surface area contributed by atoms with Crippen molar-refractivity contribution in [2.24, 2.45) is 23.7 Å². The van der Waals surface area contributed by atoms with E-state index >= 15 is 0 Å². The van der Waals surface area contributed by atoms with Gasteiger partial charge in [-0.3, -0.25) is 60.8 Å². The Hall–Kier alpha value is 5.84. The van der Waals surface area contributed by atoms with Gasteiger partial charge in [0.15, 0.2) is 0 Å². The molecule has 0 N–H and O–H groups in total. The summed E-state index contributed by atoms with van der Waals surface area (Å²) in [5.41, 5.74) is 0. The molecule has 0 aromatic rings. The minimum Gasteiger partial charge on any atom is -0.518 e. The number of rotatable bonds is 19. The van der Waals surface area contributed by atoms with Gasteiger partial charge in [0.1, 0.15) is 0 Å². The van der Waals surface area contributed by atoms with Crippen LogP contribution in [0.2, 0.25) is 0 Å². The quantitative estimate of drug-likeness (QED) is 0.0687. The Balaban J connectivity index is -0.0000000266. The molecule has 0 aromatic heterocycles. The average molecular weight is 2150 g/mol. The fourth-order valence-corrected chi connectivity index (χ4v) is 6.66. The van der Waals surface area contributed by atoms with Gasteiger partial charge in [0.2, 0.25) is 0 Å². The summed E-state index contributed by atoms with van der Waals surface area (Å²) in [6.45, 7) is 77.2. The predicted molar refractivity (Wildman–Crippen MR) is 436 cm³/mol. The van der Waals surface area contributed by atoms with E-state index in [1.54, 1.807) is 58.9 Å². The summed E-state index contributed by atoms with van der Waals surface area (Å²) in [7, 11) is 0. The van der Waals surface area contributed by atoms with Gasteiger partial charge in [0, 0.05) is 327 Å².